The molecule has 1 amide bonds. The van der Waals surface area contributed by atoms with Gasteiger partial charge in [0.05, 0.1) is 0 Å². The predicted octanol–water partition coefficient (Wildman–Crippen LogP) is 1.96. The van der Waals surface area contributed by atoms with Gasteiger partial charge in [-0.3, -0.25) is 0 Å². The van der Waals surface area contributed by atoms with Gasteiger partial charge in [-0.2, -0.15) is 0 Å². The Morgan fingerprint density at radius 1 is 1.32 bits per heavy atom. The Bertz CT molecular complexity index is 493. The monoisotopic (exact) mass is 265 g/mol. The number of likely N-dealkylation sites (tertiary alicyclic amines) is 1. The van der Waals surface area contributed by atoms with Gasteiger partial charge >= 0.3 is 6.09 Å². The number of rotatable bonds is 1. The number of fused-ring (bicyclic) bond motifs is 1. The fourth-order valence-corrected chi connectivity index (χ4v) is 2.81. The lowest BCUT2D eigenvalue weighted by Gasteiger charge is -2.25. The Labute approximate surface area is 112 Å². The summed E-state index contributed by atoms with van der Waals surface area (Å²) in [5.41, 5.74) is -0.438. The quantitative estimate of drug-likeness (QED) is 0.776. The maximum atomic E-state index is 11.9. The maximum absolute atomic E-state index is 11.9. The van der Waals surface area contributed by atoms with Crippen molar-refractivity contribution in [3.63, 3.8) is 0 Å². The first-order valence-electron chi connectivity index (χ1n) is 6.63. The van der Waals surface area contributed by atoms with Crippen LogP contribution in [-0.4, -0.2) is 39.9 Å². The van der Waals surface area contributed by atoms with Gasteiger partial charge < -0.3 is 14.1 Å². The average Bonchev–Trinajstić information content (AvgIpc) is 2.67. The third kappa shape index (κ3) is 2.31. The molecule has 3 rings (SSSR count). The number of aryl methyl sites for hydroxylation is 1. The summed E-state index contributed by atoms with van der Waals surface area (Å²) in [6.07, 6.45) is -0.222. The van der Waals surface area contributed by atoms with Gasteiger partial charge in [0.15, 0.2) is 0 Å². The molecule has 1 saturated carbocycles. The van der Waals surface area contributed by atoms with E-state index in [-0.39, 0.29) is 6.09 Å². The number of piperidine rings is 1. The molecule has 1 aliphatic carbocycles. The van der Waals surface area contributed by atoms with E-state index in [9.17, 15) is 4.79 Å². The van der Waals surface area contributed by atoms with Crippen molar-refractivity contribution >= 4 is 6.09 Å². The Morgan fingerprint density at radius 2 is 1.95 bits per heavy atom. The minimum Gasteiger partial charge on any atom is -0.444 e. The molecule has 2 fully saturated rings. The normalized spacial score (nSPS) is 29.3. The van der Waals surface area contributed by atoms with Crippen molar-refractivity contribution in [1.82, 2.24) is 15.1 Å². The van der Waals surface area contributed by atoms with Crippen molar-refractivity contribution in [2.24, 2.45) is 11.8 Å². The topological polar surface area (TPSA) is 68.5 Å². The summed E-state index contributed by atoms with van der Waals surface area (Å²) in [5, 5.41) is 7.92. The molecule has 0 aromatic carbocycles. The SMILES string of the molecule is Cc1nnc(C2[C@H]3CN(C(=O)OC(C)(C)C)C[C@@H]23)o1. The molecule has 1 aromatic rings. The van der Waals surface area contributed by atoms with E-state index in [2.05, 4.69) is 10.2 Å². The molecule has 1 aromatic heterocycles. The molecule has 6 heteroatoms. The maximum Gasteiger partial charge on any atom is 0.410 e. The molecule has 6 nitrogen and oxygen atoms in total. The zero-order valence-electron chi connectivity index (χ0n) is 11.7. The lowest BCUT2D eigenvalue weighted by Crippen LogP contribution is -2.36. The molecule has 19 heavy (non-hydrogen) atoms. The molecule has 1 saturated heterocycles. The second-order valence-electron chi connectivity index (χ2n) is 6.40. The zero-order valence-corrected chi connectivity index (χ0v) is 11.7. The van der Waals surface area contributed by atoms with E-state index in [1.54, 1.807) is 11.8 Å². The first kappa shape index (κ1) is 12.4. The summed E-state index contributed by atoms with van der Waals surface area (Å²) < 4.78 is 10.8. The van der Waals surface area contributed by atoms with Crippen LogP contribution in [0.3, 0.4) is 0 Å². The van der Waals surface area contributed by atoms with Crippen LogP contribution in [0.2, 0.25) is 0 Å². The number of aromatic nitrogens is 2. The van der Waals surface area contributed by atoms with E-state index < -0.39 is 5.60 Å². The Balaban J connectivity index is 1.57. The lowest BCUT2D eigenvalue weighted by atomic mass is 10.2. The minimum absolute atomic E-state index is 0.222. The van der Waals surface area contributed by atoms with Crippen molar-refractivity contribution in [2.45, 2.75) is 39.2 Å². The van der Waals surface area contributed by atoms with Crippen LogP contribution in [0.5, 0.6) is 0 Å². The van der Waals surface area contributed by atoms with Crippen LogP contribution < -0.4 is 0 Å². The average molecular weight is 265 g/mol. The van der Waals surface area contributed by atoms with Gasteiger partial charge in [-0.25, -0.2) is 4.79 Å². The van der Waals surface area contributed by atoms with Crippen molar-refractivity contribution in [3.8, 4) is 0 Å². The van der Waals surface area contributed by atoms with Gasteiger partial charge in [0.2, 0.25) is 11.8 Å². The van der Waals surface area contributed by atoms with Crippen LogP contribution in [0.1, 0.15) is 38.5 Å². The highest BCUT2D eigenvalue weighted by atomic mass is 16.6. The van der Waals surface area contributed by atoms with E-state index in [1.807, 2.05) is 20.8 Å². The molecular formula is C13H19N3O3. The molecule has 0 N–H and O–H groups in total. The molecule has 2 heterocycles. The molecule has 0 spiro atoms. The van der Waals surface area contributed by atoms with Crippen LogP contribution in [0.25, 0.3) is 0 Å². The van der Waals surface area contributed by atoms with Gasteiger partial charge in [-0.15, -0.1) is 10.2 Å². The molecular weight excluding hydrogens is 246 g/mol. The summed E-state index contributed by atoms with van der Waals surface area (Å²) in [5.74, 6) is 2.56. The molecule has 1 aliphatic heterocycles. The molecule has 3 atom stereocenters. The number of ether oxygens (including phenoxy) is 1. The van der Waals surface area contributed by atoms with E-state index in [1.165, 1.54) is 0 Å². The molecule has 0 bridgehead atoms. The van der Waals surface area contributed by atoms with E-state index in [0.29, 0.717) is 23.6 Å². The third-order valence-corrected chi connectivity index (χ3v) is 3.67. The van der Waals surface area contributed by atoms with Crippen LogP contribution in [-0.2, 0) is 4.74 Å². The smallest absolute Gasteiger partial charge is 0.410 e. The summed E-state index contributed by atoms with van der Waals surface area (Å²) in [6.45, 7) is 8.89. The van der Waals surface area contributed by atoms with Crippen molar-refractivity contribution in [1.29, 1.82) is 0 Å². The number of hydrogen-bond acceptors (Lipinski definition) is 5. The van der Waals surface area contributed by atoms with Crippen LogP contribution in [0, 0.1) is 18.8 Å². The van der Waals surface area contributed by atoms with Crippen molar-refractivity contribution in [2.75, 3.05) is 13.1 Å². The molecule has 0 radical (unpaired) electrons. The summed E-state index contributed by atoms with van der Waals surface area (Å²) in [4.78, 5) is 13.7. The summed E-state index contributed by atoms with van der Waals surface area (Å²) >= 11 is 0. The number of nitrogens with zero attached hydrogens (tertiary/aromatic N) is 3. The molecule has 1 unspecified atom stereocenters. The van der Waals surface area contributed by atoms with Crippen molar-refractivity contribution < 1.29 is 13.9 Å². The fourth-order valence-electron chi connectivity index (χ4n) is 2.81. The Morgan fingerprint density at radius 3 is 2.42 bits per heavy atom. The Hall–Kier alpha value is -1.59. The second kappa shape index (κ2) is 3.95. The summed E-state index contributed by atoms with van der Waals surface area (Å²) in [7, 11) is 0. The van der Waals surface area contributed by atoms with Crippen LogP contribution in [0.4, 0.5) is 4.79 Å². The highest BCUT2D eigenvalue weighted by Gasteiger charge is 2.60. The van der Waals surface area contributed by atoms with Crippen molar-refractivity contribution in [3.05, 3.63) is 11.8 Å². The first-order valence-corrected chi connectivity index (χ1v) is 6.63. The number of amides is 1. The number of hydrogen-bond donors (Lipinski definition) is 0. The highest BCUT2D eigenvalue weighted by molar-refractivity contribution is 5.69. The van der Waals surface area contributed by atoms with Gasteiger partial charge in [0.1, 0.15) is 5.60 Å². The van der Waals surface area contributed by atoms with E-state index in [0.717, 1.165) is 19.0 Å². The number of carbonyl (C=O) groups excluding carboxylic acids is 1. The van der Waals surface area contributed by atoms with Gasteiger partial charge in [0.25, 0.3) is 0 Å². The fraction of sp³-hybridized carbons (Fsp3) is 0.769. The minimum atomic E-state index is -0.438. The van der Waals surface area contributed by atoms with E-state index >= 15 is 0 Å². The van der Waals surface area contributed by atoms with Gasteiger partial charge in [0, 0.05) is 25.9 Å². The van der Waals surface area contributed by atoms with Crippen LogP contribution in [0.15, 0.2) is 4.42 Å². The second-order valence-corrected chi connectivity index (χ2v) is 6.40. The largest absolute Gasteiger partial charge is 0.444 e. The highest BCUT2D eigenvalue weighted by Crippen LogP contribution is 2.57. The lowest BCUT2D eigenvalue weighted by molar-refractivity contribution is 0.0269. The molecule has 2 aliphatic rings. The number of carbonyl (C=O) groups is 1. The Kier molecular flexibility index (Phi) is 2.59. The summed E-state index contributed by atoms with van der Waals surface area (Å²) in [6, 6.07) is 0. The third-order valence-electron chi connectivity index (χ3n) is 3.67. The van der Waals surface area contributed by atoms with Gasteiger partial charge in [-0.05, 0) is 32.6 Å². The van der Waals surface area contributed by atoms with Crippen LogP contribution >= 0.6 is 0 Å². The zero-order chi connectivity index (χ0) is 13.8. The van der Waals surface area contributed by atoms with E-state index in [4.69, 9.17) is 9.15 Å². The molecule has 104 valence electrons. The standard InChI is InChI=1S/C13H19N3O3/c1-7-14-15-11(18-7)10-8-5-16(6-9(8)10)12(17)19-13(2,3)4/h8-10H,5-6H2,1-4H3/t8-,9+,10?. The first-order chi connectivity index (χ1) is 8.85. The predicted molar refractivity (Wildman–Crippen MR) is 66.6 cm³/mol. The van der Waals surface area contributed by atoms with Gasteiger partial charge in [-0.1, -0.05) is 0 Å².